The average Bonchev–Trinajstić information content (AvgIpc) is 2.29. The Hall–Kier alpha value is -0.530. The molecule has 0 heterocycles. The minimum atomic E-state index is -0.612. The number of unbranched alkanes of at least 4 members (excludes halogenated alkanes) is 2. The molecule has 3 unspecified atom stereocenters. The quantitative estimate of drug-likeness (QED) is 0.692. The van der Waals surface area contributed by atoms with Gasteiger partial charge in [0.2, 0.25) is 0 Å². The topological polar surface area (TPSA) is 37.3 Å². The molecule has 16 heavy (non-hydrogen) atoms. The van der Waals surface area contributed by atoms with E-state index in [1.807, 2.05) is 6.92 Å². The molecule has 0 aliphatic heterocycles. The maximum absolute atomic E-state index is 11.0. The van der Waals surface area contributed by atoms with Crippen molar-refractivity contribution in [3.8, 4) is 0 Å². The Morgan fingerprint density at radius 3 is 2.75 bits per heavy atom. The van der Waals surface area contributed by atoms with E-state index in [9.17, 15) is 4.79 Å². The highest BCUT2D eigenvalue weighted by Gasteiger charge is 2.29. The van der Waals surface area contributed by atoms with Gasteiger partial charge in [-0.05, 0) is 24.7 Å². The Morgan fingerprint density at radius 2 is 2.12 bits per heavy atom. The molecular weight excluding hydrogens is 200 g/mol. The molecule has 3 atom stereocenters. The summed E-state index contributed by atoms with van der Waals surface area (Å²) in [5, 5.41) is 9.03. The highest BCUT2D eigenvalue weighted by Crippen LogP contribution is 2.36. The number of aliphatic carboxylic acids is 1. The van der Waals surface area contributed by atoms with Crippen molar-refractivity contribution < 1.29 is 9.90 Å². The molecular formula is C14H26O2. The average molecular weight is 226 g/mol. The van der Waals surface area contributed by atoms with Crippen molar-refractivity contribution in [3.05, 3.63) is 0 Å². The van der Waals surface area contributed by atoms with Crippen molar-refractivity contribution in [1.29, 1.82) is 0 Å². The summed E-state index contributed by atoms with van der Waals surface area (Å²) in [4.78, 5) is 11.0. The van der Waals surface area contributed by atoms with Crippen LogP contribution in [-0.2, 0) is 4.79 Å². The fourth-order valence-electron chi connectivity index (χ4n) is 2.93. The van der Waals surface area contributed by atoms with Crippen LogP contribution in [0, 0.1) is 17.8 Å². The minimum Gasteiger partial charge on any atom is -0.481 e. The van der Waals surface area contributed by atoms with E-state index in [4.69, 9.17) is 5.11 Å². The number of carbonyl (C=O) groups is 1. The van der Waals surface area contributed by atoms with Crippen molar-refractivity contribution in [1.82, 2.24) is 0 Å². The van der Waals surface area contributed by atoms with Crippen molar-refractivity contribution >= 4 is 5.97 Å². The van der Waals surface area contributed by atoms with E-state index in [0.717, 1.165) is 18.8 Å². The molecule has 0 aromatic carbocycles. The molecule has 0 bridgehead atoms. The molecule has 2 nitrogen and oxygen atoms in total. The Labute approximate surface area is 99.4 Å². The SMILES string of the molecule is CCCCCC1CCCC(C(C)C(=O)O)C1. The largest absolute Gasteiger partial charge is 0.481 e. The maximum atomic E-state index is 11.0. The molecule has 0 amide bonds. The fourth-order valence-corrected chi connectivity index (χ4v) is 2.93. The van der Waals surface area contributed by atoms with Crippen LogP contribution in [0.1, 0.15) is 65.2 Å². The smallest absolute Gasteiger partial charge is 0.306 e. The predicted molar refractivity (Wildman–Crippen MR) is 66.4 cm³/mol. The first kappa shape index (κ1) is 13.5. The summed E-state index contributed by atoms with van der Waals surface area (Å²) in [5.74, 6) is 0.471. The van der Waals surface area contributed by atoms with E-state index < -0.39 is 5.97 Å². The van der Waals surface area contributed by atoms with Crippen molar-refractivity contribution in [2.75, 3.05) is 0 Å². The van der Waals surface area contributed by atoms with Crippen LogP contribution in [0.3, 0.4) is 0 Å². The van der Waals surface area contributed by atoms with E-state index in [2.05, 4.69) is 6.92 Å². The second-order valence-electron chi connectivity index (χ2n) is 5.42. The van der Waals surface area contributed by atoms with Gasteiger partial charge in [0.25, 0.3) is 0 Å². The lowest BCUT2D eigenvalue weighted by Crippen LogP contribution is -2.26. The Balaban J connectivity index is 2.32. The Kier molecular flexibility index (Phi) is 5.86. The van der Waals surface area contributed by atoms with Crippen LogP contribution in [0.25, 0.3) is 0 Å². The van der Waals surface area contributed by atoms with Gasteiger partial charge in [-0.2, -0.15) is 0 Å². The summed E-state index contributed by atoms with van der Waals surface area (Å²) in [7, 11) is 0. The van der Waals surface area contributed by atoms with E-state index in [1.165, 1.54) is 38.5 Å². The normalized spacial score (nSPS) is 27.6. The van der Waals surface area contributed by atoms with Crippen LogP contribution >= 0.6 is 0 Å². The molecule has 0 aromatic heterocycles. The third-order valence-electron chi connectivity index (χ3n) is 4.14. The van der Waals surface area contributed by atoms with Gasteiger partial charge in [0.15, 0.2) is 0 Å². The molecule has 0 aromatic rings. The summed E-state index contributed by atoms with van der Waals surface area (Å²) in [6.45, 7) is 4.11. The molecule has 2 heteroatoms. The minimum absolute atomic E-state index is 0.144. The van der Waals surface area contributed by atoms with E-state index in [-0.39, 0.29) is 5.92 Å². The van der Waals surface area contributed by atoms with Crippen molar-refractivity contribution in [2.45, 2.75) is 65.2 Å². The number of rotatable bonds is 6. The highest BCUT2D eigenvalue weighted by atomic mass is 16.4. The molecule has 0 spiro atoms. The second-order valence-corrected chi connectivity index (χ2v) is 5.42. The first-order valence-electron chi connectivity index (χ1n) is 6.88. The molecule has 1 aliphatic carbocycles. The first-order chi connectivity index (χ1) is 7.65. The number of hydrogen-bond donors (Lipinski definition) is 1. The zero-order valence-corrected chi connectivity index (χ0v) is 10.7. The van der Waals surface area contributed by atoms with Crippen LogP contribution in [-0.4, -0.2) is 11.1 Å². The molecule has 1 aliphatic rings. The van der Waals surface area contributed by atoms with Crippen LogP contribution in [0.2, 0.25) is 0 Å². The van der Waals surface area contributed by atoms with E-state index in [0.29, 0.717) is 5.92 Å². The van der Waals surface area contributed by atoms with Crippen LogP contribution < -0.4 is 0 Å². The third-order valence-corrected chi connectivity index (χ3v) is 4.14. The van der Waals surface area contributed by atoms with Crippen molar-refractivity contribution in [2.24, 2.45) is 17.8 Å². The lowest BCUT2D eigenvalue weighted by molar-refractivity contribution is -0.143. The number of carboxylic acid groups (broad SMARTS) is 1. The third kappa shape index (κ3) is 4.15. The van der Waals surface area contributed by atoms with E-state index in [1.54, 1.807) is 0 Å². The Bertz CT molecular complexity index is 213. The van der Waals surface area contributed by atoms with Gasteiger partial charge >= 0.3 is 5.97 Å². The number of carboxylic acids is 1. The molecule has 94 valence electrons. The van der Waals surface area contributed by atoms with Gasteiger partial charge < -0.3 is 5.11 Å². The molecule has 1 N–H and O–H groups in total. The lowest BCUT2D eigenvalue weighted by Gasteiger charge is -2.31. The summed E-state index contributed by atoms with van der Waals surface area (Å²) in [6.07, 6.45) is 10.1. The molecule has 0 saturated heterocycles. The molecule has 1 saturated carbocycles. The van der Waals surface area contributed by atoms with Gasteiger partial charge in [-0.3, -0.25) is 4.79 Å². The lowest BCUT2D eigenvalue weighted by atomic mass is 9.74. The van der Waals surface area contributed by atoms with Crippen LogP contribution in [0.5, 0.6) is 0 Å². The summed E-state index contributed by atoms with van der Waals surface area (Å²) in [6, 6.07) is 0. The van der Waals surface area contributed by atoms with Gasteiger partial charge in [-0.1, -0.05) is 52.4 Å². The summed E-state index contributed by atoms with van der Waals surface area (Å²) >= 11 is 0. The van der Waals surface area contributed by atoms with E-state index >= 15 is 0 Å². The second kappa shape index (κ2) is 6.93. The Morgan fingerprint density at radius 1 is 1.38 bits per heavy atom. The van der Waals surface area contributed by atoms with Gasteiger partial charge in [0.05, 0.1) is 5.92 Å². The van der Waals surface area contributed by atoms with Gasteiger partial charge in [-0.15, -0.1) is 0 Å². The zero-order chi connectivity index (χ0) is 12.0. The monoisotopic (exact) mass is 226 g/mol. The first-order valence-corrected chi connectivity index (χ1v) is 6.88. The maximum Gasteiger partial charge on any atom is 0.306 e. The summed E-state index contributed by atoms with van der Waals surface area (Å²) in [5.41, 5.74) is 0. The highest BCUT2D eigenvalue weighted by molar-refractivity contribution is 5.69. The zero-order valence-electron chi connectivity index (χ0n) is 10.7. The molecule has 1 rings (SSSR count). The summed E-state index contributed by atoms with van der Waals surface area (Å²) < 4.78 is 0. The molecule has 0 radical (unpaired) electrons. The molecule has 1 fully saturated rings. The number of hydrogen-bond acceptors (Lipinski definition) is 1. The van der Waals surface area contributed by atoms with Crippen molar-refractivity contribution in [3.63, 3.8) is 0 Å². The standard InChI is InChI=1S/C14H26O2/c1-3-4-5-7-12-8-6-9-13(10-12)11(2)14(15)16/h11-13H,3-10H2,1-2H3,(H,15,16). The fraction of sp³-hybridized carbons (Fsp3) is 0.929. The van der Waals surface area contributed by atoms with Gasteiger partial charge in [0.1, 0.15) is 0 Å². The van der Waals surface area contributed by atoms with Crippen LogP contribution in [0.15, 0.2) is 0 Å². The van der Waals surface area contributed by atoms with Crippen LogP contribution in [0.4, 0.5) is 0 Å². The predicted octanol–water partition coefficient (Wildman–Crippen LogP) is 4.09. The van der Waals surface area contributed by atoms with Gasteiger partial charge in [0, 0.05) is 0 Å². The van der Waals surface area contributed by atoms with Gasteiger partial charge in [-0.25, -0.2) is 0 Å².